The minimum Gasteiger partial charge on any atom is -0.466 e. The second-order valence-electron chi connectivity index (χ2n) is 4.26. The van der Waals surface area contributed by atoms with Crippen LogP contribution in [0.3, 0.4) is 0 Å². The number of carbonyl (C=O) groups is 1. The Kier molecular flexibility index (Phi) is 6.81. The molecule has 0 N–H and O–H groups in total. The van der Waals surface area contributed by atoms with Gasteiger partial charge >= 0.3 is 5.97 Å². The second-order valence-corrected chi connectivity index (χ2v) is 4.64. The fourth-order valence-corrected chi connectivity index (χ4v) is 2.27. The quantitative estimate of drug-likeness (QED) is 0.410. The second kappa shape index (κ2) is 7.91. The average molecular weight is 248 g/mol. The van der Waals surface area contributed by atoms with E-state index in [2.05, 4.69) is 4.90 Å². The van der Waals surface area contributed by atoms with Crippen LogP contribution in [0.4, 0.5) is 0 Å². The molecule has 0 aliphatic carbocycles. The van der Waals surface area contributed by atoms with Gasteiger partial charge in [-0.15, -0.1) is 11.6 Å². The van der Waals surface area contributed by atoms with Crippen LogP contribution in [0.5, 0.6) is 0 Å². The molecule has 1 aliphatic rings. The minimum atomic E-state index is -0.0112. The Bertz CT molecular complexity index is 203. The van der Waals surface area contributed by atoms with Crippen LogP contribution >= 0.6 is 11.6 Å². The van der Waals surface area contributed by atoms with Gasteiger partial charge in [-0.1, -0.05) is 0 Å². The molecular weight excluding hydrogens is 226 g/mol. The smallest absolute Gasteiger partial charge is 0.309 e. The van der Waals surface area contributed by atoms with Crippen LogP contribution in [-0.4, -0.2) is 43.0 Å². The molecular formula is C12H22ClNO2. The third-order valence-corrected chi connectivity index (χ3v) is 3.33. The predicted molar refractivity (Wildman–Crippen MR) is 65.8 cm³/mol. The molecule has 3 nitrogen and oxygen atoms in total. The van der Waals surface area contributed by atoms with Crippen molar-refractivity contribution in [2.24, 2.45) is 5.92 Å². The molecule has 1 rings (SSSR count). The summed E-state index contributed by atoms with van der Waals surface area (Å²) in [5.74, 6) is 0.867. The lowest BCUT2D eigenvalue weighted by Crippen LogP contribution is -2.37. The van der Waals surface area contributed by atoms with Crippen LogP contribution in [0.25, 0.3) is 0 Å². The maximum atomic E-state index is 11.5. The van der Waals surface area contributed by atoms with Crippen LogP contribution in [0.2, 0.25) is 0 Å². The van der Waals surface area contributed by atoms with E-state index in [0.717, 1.165) is 51.2 Å². The van der Waals surface area contributed by atoms with Gasteiger partial charge in [0.25, 0.3) is 0 Å². The lowest BCUT2D eigenvalue weighted by Gasteiger charge is -2.30. The number of piperidine rings is 1. The highest BCUT2D eigenvalue weighted by Gasteiger charge is 2.25. The average Bonchev–Trinajstić information content (AvgIpc) is 2.30. The number of rotatable bonds is 6. The SMILES string of the molecule is CCOC(=O)C1CCN(CCCCCl)CC1. The van der Waals surface area contributed by atoms with E-state index in [0.29, 0.717) is 6.61 Å². The van der Waals surface area contributed by atoms with E-state index >= 15 is 0 Å². The molecule has 0 aromatic carbocycles. The lowest BCUT2D eigenvalue weighted by molar-refractivity contribution is -0.149. The van der Waals surface area contributed by atoms with E-state index in [-0.39, 0.29) is 11.9 Å². The molecule has 0 unspecified atom stereocenters. The zero-order valence-corrected chi connectivity index (χ0v) is 10.8. The summed E-state index contributed by atoms with van der Waals surface area (Å²) in [4.78, 5) is 13.9. The van der Waals surface area contributed by atoms with Crippen molar-refractivity contribution in [1.29, 1.82) is 0 Å². The maximum Gasteiger partial charge on any atom is 0.309 e. The van der Waals surface area contributed by atoms with Gasteiger partial charge in [-0.05, 0) is 52.2 Å². The summed E-state index contributed by atoms with van der Waals surface area (Å²) in [7, 11) is 0. The van der Waals surface area contributed by atoms with E-state index < -0.39 is 0 Å². The molecule has 0 radical (unpaired) electrons. The van der Waals surface area contributed by atoms with Crippen molar-refractivity contribution in [2.75, 3.05) is 32.1 Å². The van der Waals surface area contributed by atoms with Crippen LogP contribution in [0.15, 0.2) is 0 Å². The number of esters is 1. The first-order valence-electron chi connectivity index (χ1n) is 6.23. The molecule has 0 aromatic heterocycles. The van der Waals surface area contributed by atoms with Crippen molar-refractivity contribution in [1.82, 2.24) is 4.90 Å². The number of hydrogen-bond acceptors (Lipinski definition) is 3. The van der Waals surface area contributed by atoms with Gasteiger partial charge < -0.3 is 9.64 Å². The molecule has 0 saturated carbocycles. The van der Waals surface area contributed by atoms with E-state index in [1.807, 2.05) is 6.92 Å². The molecule has 1 aliphatic heterocycles. The molecule has 4 heteroatoms. The molecule has 0 bridgehead atoms. The Hall–Kier alpha value is -0.280. The number of carbonyl (C=O) groups excluding carboxylic acids is 1. The van der Waals surface area contributed by atoms with E-state index in [1.165, 1.54) is 0 Å². The summed E-state index contributed by atoms with van der Waals surface area (Å²) in [5.41, 5.74) is 0. The molecule has 0 amide bonds. The Morgan fingerprint density at radius 3 is 2.62 bits per heavy atom. The Morgan fingerprint density at radius 2 is 2.06 bits per heavy atom. The van der Waals surface area contributed by atoms with Gasteiger partial charge in [0, 0.05) is 5.88 Å². The van der Waals surface area contributed by atoms with Gasteiger partial charge in [0.2, 0.25) is 0 Å². The van der Waals surface area contributed by atoms with Crippen molar-refractivity contribution in [3.05, 3.63) is 0 Å². The highest BCUT2D eigenvalue weighted by atomic mass is 35.5. The Morgan fingerprint density at radius 1 is 1.38 bits per heavy atom. The summed E-state index contributed by atoms with van der Waals surface area (Å²) < 4.78 is 5.04. The number of alkyl halides is 1. The minimum absolute atomic E-state index is 0.0112. The standard InChI is InChI=1S/C12H22ClNO2/c1-2-16-12(15)11-5-9-14(10-6-11)8-4-3-7-13/h11H,2-10H2,1H3. The van der Waals surface area contributed by atoms with E-state index in [9.17, 15) is 4.79 Å². The van der Waals surface area contributed by atoms with Crippen molar-refractivity contribution in [3.8, 4) is 0 Å². The zero-order valence-electron chi connectivity index (χ0n) is 10.1. The fraction of sp³-hybridized carbons (Fsp3) is 0.917. The first-order valence-corrected chi connectivity index (χ1v) is 6.76. The molecule has 0 spiro atoms. The summed E-state index contributed by atoms with van der Waals surface area (Å²) in [6, 6.07) is 0. The molecule has 16 heavy (non-hydrogen) atoms. The highest BCUT2D eigenvalue weighted by molar-refractivity contribution is 6.17. The Balaban J connectivity index is 2.15. The van der Waals surface area contributed by atoms with Gasteiger partial charge in [-0.2, -0.15) is 0 Å². The number of likely N-dealkylation sites (tertiary alicyclic amines) is 1. The normalized spacial score (nSPS) is 18.6. The number of hydrogen-bond donors (Lipinski definition) is 0. The van der Waals surface area contributed by atoms with Gasteiger partial charge in [-0.3, -0.25) is 4.79 Å². The van der Waals surface area contributed by atoms with Crippen molar-refractivity contribution in [3.63, 3.8) is 0 Å². The molecule has 1 heterocycles. The maximum absolute atomic E-state index is 11.5. The summed E-state index contributed by atoms with van der Waals surface area (Å²) in [5, 5.41) is 0. The van der Waals surface area contributed by atoms with E-state index in [4.69, 9.17) is 16.3 Å². The molecule has 0 atom stereocenters. The van der Waals surface area contributed by atoms with E-state index in [1.54, 1.807) is 0 Å². The highest BCUT2D eigenvalue weighted by Crippen LogP contribution is 2.18. The largest absolute Gasteiger partial charge is 0.466 e. The molecule has 1 saturated heterocycles. The third-order valence-electron chi connectivity index (χ3n) is 3.07. The Labute approximate surface area is 103 Å². The van der Waals surface area contributed by atoms with Gasteiger partial charge in [0.05, 0.1) is 12.5 Å². The molecule has 94 valence electrons. The summed E-state index contributed by atoms with van der Waals surface area (Å²) >= 11 is 5.64. The van der Waals surface area contributed by atoms with Crippen LogP contribution < -0.4 is 0 Å². The van der Waals surface area contributed by atoms with Crippen molar-refractivity contribution in [2.45, 2.75) is 32.6 Å². The van der Waals surface area contributed by atoms with Gasteiger partial charge in [0.1, 0.15) is 0 Å². The first kappa shape index (κ1) is 13.8. The first-order chi connectivity index (χ1) is 7.77. The molecule has 0 aromatic rings. The van der Waals surface area contributed by atoms with Gasteiger partial charge in [0.15, 0.2) is 0 Å². The fourth-order valence-electron chi connectivity index (χ4n) is 2.08. The summed E-state index contributed by atoms with van der Waals surface area (Å²) in [6.07, 6.45) is 4.13. The van der Waals surface area contributed by atoms with Gasteiger partial charge in [-0.25, -0.2) is 0 Å². The predicted octanol–water partition coefficient (Wildman–Crippen LogP) is 2.28. The molecule has 1 fully saturated rings. The van der Waals surface area contributed by atoms with Crippen LogP contribution in [0.1, 0.15) is 32.6 Å². The number of unbranched alkanes of at least 4 members (excludes halogenated alkanes) is 1. The monoisotopic (exact) mass is 247 g/mol. The van der Waals surface area contributed by atoms with Crippen molar-refractivity contribution < 1.29 is 9.53 Å². The number of halogens is 1. The van der Waals surface area contributed by atoms with Crippen molar-refractivity contribution >= 4 is 17.6 Å². The third kappa shape index (κ3) is 4.71. The number of nitrogens with zero attached hydrogens (tertiary/aromatic N) is 1. The van der Waals surface area contributed by atoms with Crippen LogP contribution in [0, 0.1) is 5.92 Å². The summed E-state index contributed by atoms with van der Waals surface area (Å²) in [6.45, 7) is 5.51. The topological polar surface area (TPSA) is 29.5 Å². The number of ether oxygens (including phenoxy) is 1. The zero-order chi connectivity index (χ0) is 11.8. The van der Waals surface area contributed by atoms with Crippen LogP contribution in [-0.2, 0) is 9.53 Å². The lowest BCUT2D eigenvalue weighted by atomic mass is 9.97.